The van der Waals surface area contributed by atoms with Gasteiger partial charge in [0, 0.05) is 24.0 Å². The highest BCUT2D eigenvalue weighted by Gasteiger charge is 2.59. The maximum atomic E-state index is 12.4. The van der Waals surface area contributed by atoms with Gasteiger partial charge < -0.3 is 10.1 Å². The van der Waals surface area contributed by atoms with E-state index in [-0.39, 0.29) is 22.7 Å². The van der Waals surface area contributed by atoms with E-state index in [1.807, 2.05) is 13.8 Å². The molecule has 1 saturated carbocycles. The Morgan fingerprint density at radius 1 is 1.48 bits per heavy atom. The molecule has 0 bridgehead atoms. The van der Waals surface area contributed by atoms with Gasteiger partial charge in [-0.1, -0.05) is 25.2 Å². The van der Waals surface area contributed by atoms with Crippen molar-refractivity contribution in [2.24, 2.45) is 11.3 Å². The maximum absolute atomic E-state index is 12.4. The first-order valence-corrected chi connectivity index (χ1v) is 7.52. The minimum absolute atomic E-state index is 0.00694. The van der Waals surface area contributed by atoms with Crippen molar-refractivity contribution in [2.75, 3.05) is 11.9 Å². The van der Waals surface area contributed by atoms with Crippen LogP contribution in [0.5, 0.6) is 0 Å². The number of ether oxygens (including phenoxy) is 1. The lowest BCUT2D eigenvalue weighted by Crippen LogP contribution is -2.67. The van der Waals surface area contributed by atoms with Gasteiger partial charge in [0.15, 0.2) is 5.01 Å². The minimum atomic E-state index is -2.68. The highest BCUT2D eigenvalue weighted by Crippen LogP contribution is 2.52. The number of urea groups is 1. The van der Waals surface area contributed by atoms with Crippen LogP contribution in [0.2, 0.25) is 0 Å². The van der Waals surface area contributed by atoms with E-state index in [9.17, 15) is 13.6 Å². The molecule has 1 aromatic rings. The van der Waals surface area contributed by atoms with E-state index in [1.165, 1.54) is 0 Å². The molecule has 0 spiro atoms. The third-order valence-electron chi connectivity index (χ3n) is 4.23. The number of nitrogens with one attached hydrogen (secondary N) is 2. The van der Waals surface area contributed by atoms with Gasteiger partial charge in [0.05, 0.1) is 6.10 Å². The zero-order chi connectivity index (χ0) is 15.2. The second kappa shape index (κ2) is 5.13. The van der Waals surface area contributed by atoms with E-state index in [4.69, 9.17) is 4.74 Å². The zero-order valence-corrected chi connectivity index (χ0v) is 12.4. The summed E-state index contributed by atoms with van der Waals surface area (Å²) < 4.78 is 30.5. The summed E-state index contributed by atoms with van der Waals surface area (Å²) in [6, 6.07) is -0.442. The van der Waals surface area contributed by atoms with Gasteiger partial charge in [-0.2, -0.15) is 0 Å². The molecule has 2 heterocycles. The lowest BCUT2D eigenvalue weighted by Gasteiger charge is -2.54. The lowest BCUT2D eigenvalue weighted by molar-refractivity contribution is -0.107. The average Bonchev–Trinajstić information content (AvgIpc) is 3.03. The van der Waals surface area contributed by atoms with E-state index in [0.717, 1.165) is 6.42 Å². The van der Waals surface area contributed by atoms with Gasteiger partial charge in [0.1, 0.15) is 0 Å². The number of aromatic nitrogens is 2. The fourth-order valence-corrected chi connectivity index (χ4v) is 3.86. The van der Waals surface area contributed by atoms with Crippen LogP contribution in [0, 0.1) is 11.3 Å². The van der Waals surface area contributed by atoms with Crippen molar-refractivity contribution in [2.45, 2.75) is 38.8 Å². The molecule has 3 atom stereocenters. The second-order valence-corrected chi connectivity index (χ2v) is 6.90. The van der Waals surface area contributed by atoms with Gasteiger partial charge in [0.25, 0.3) is 6.43 Å². The molecule has 2 fully saturated rings. The fourth-order valence-electron chi connectivity index (χ4n) is 3.26. The summed E-state index contributed by atoms with van der Waals surface area (Å²) >= 11 is 0.672. The summed E-state index contributed by atoms with van der Waals surface area (Å²) in [5.74, 6) is 0.316. The molecule has 2 amide bonds. The van der Waals surface area contributed by atoms with E-state index >= 15 is 0 Å². The Hall–Kier alpha value is -1.35. The van der Waals surface area contributed by atoms with Crippen molar-refractivity contribution in [3.05, 3.63) is 5.01 Å². The van der Waals surface area contributed by atoms with Gasteiger partial charge in [0.2, 0.25) is 5.13 Å². The van der Waals surface area contributed by atoms with Crippen LogP contribution in [0.15, 0.2) is 0 Å². The molecule has 21 heavy (non-hydrogen) atoms. The zero-order valence-electron chi connectivity index (χ0n) is 11.6. The largest absolute Gasteiger partial charge is 0.377 e. The van der Waals surface area contributed by atoms with Crippen LogP contribution in [-0.4, -0.2) is 35.0 Å². The number of alkyl halides is 2. The normalized spacial score (nSPS) is 29.9. The van der Waals surface area contributed by atoms with Crippen molar-refractivity contribution in [1.29, 1.82) is 0 Å². The van der Waals surface area contributed by atoms with Crippen LogP contribution in [-0.2, 0) is 4.74 Å². The first-order chi connectivity index (χ1) is 9.89. The van der Waals surface area contributed by atoms with Crippen LogP contribution in [0.25, 0.3) is 0 Å². The minimum Gasteiger partial charge on any atom is -0.377 e. The van der Waals surface area contributed by atoms with Crippen molar-refractivity contribution in [3.8, 4) is 0 Å². The van der Waals surface area contributed by atoms with Crippen LogP contribution >= 0.6 is 11.3 Å². The smallest absolute Gasteiger partial charge is 0.321 e. The van der Waals surface area contributed by atoms with Crippen LogP contribution in [0.1, 0.15) is 31.7 Å². The summed E-state index contributed by atoms with van der Waals surface area (Å²) in [7, 11) is 0. The third kappa shape index (κ3) is 2.48. The molecule has 3 rings (SSSR count). The Morgan fingerprint density at radius 2 is 2.24 bits per heavy atom. The molecule has 2 N–H and O–H groups in total. The van der Waals surface area contributed by atoms with Gasteiger partial charge >= 0.3 is 6.03 Å². The van der Waals surface area contributed by atoms with Crippen LogP contribution in [0.3, 0.4) is 0 Å². The number of carbonyl (C=O) groups is 1. The maximum Gasteiger partial charge on any atom is 0.321 e. The van der Waals surface area contributed by atoms with E-state index in [1.54, 1.807) is 0 Å². The summed E-state index contributed by atoms with van der Waals surface area (Å²) in [6.07, 6.45) is -1.58. The molecule has 0 aromatic carbocycles. The Morgan fingerprint density at radius 3 is 2.90 bits per heavy atom. The summed E-state index contributed by atoms with van der Waals surface area (Å²) in [5, 5.41) is 11.8. The highest BCUT2D eigenvalue weighted by molar-refractivity contribution is 7.15. The van der Waals surface area contributed by atoms with E-state index in [0.29, 0.717) is 23.9 Å². The molecule has 1 saturated heterocycles. The predicted octanol–water partition coefficient (Wildman–Crippen LogP) is 2.41. The van der Waals surface area contributed by atoms with Gasteiger partial charge in [-0.3, -0.25) is 5.32 Å². The number of rotatable bonds is 3. The summed E-state index contributed by atoms with van der Waals surface area (Å²) in [4.78, 5) is 12.0. The molecule has 116 valence electrons. The molecule has 1 aliphatic carbocycles. The topological polar surface area (TPSA) is 76.1 Å². The molecule has 9 heteroatoms. The predicted molar refractivity (Wildman–Crippen MR) is 72.4 cm³/mol. The number of carbonyl (C=O) groups excluding carboxylic acids is 1. The summed E-state index contributed by atoms with van der Waals surface area (Å²) in [6.45, 7) is 4.81. The van der Waals surface area contributed by atoms with Crippen molar-refractivity contribution in [1.82, 2.24) is 15.5 Å². The van der Waals surface area contributed by atoms with Crippen molar-refractivity contribution in [3.63, 3.8) is 0 Å². The molecule has 1 aromatic heterocycles. The lowest BCUT2D eigenvalue weighted by atomic mass is 9.57. The third-order valence-corrected chi connectivity index (χ3v) is 5.08. The molecular formula is C12H16F2N4O2S. The number of nitrogens with zero attached hydrogens (tertiary/aromatic N) is 2. The quantitative estimate of drug-likeness (QED) is 0.897. The molecule has 2 aliphatic rings. The Kier molecular flexibility index (Phi) is 3.56. The standard InChI is InChI=1S/C12H16F2N4O2S/c1-12(2)6(5-3-4-20-7(5)12)15-10(19)16-11-18-17-9(21-11)8(13)14/h5-8H,3-4H2,1-2H3,(H2,15,16,18,19)/t5-,6+,7+/m0/s1. The van der Waals surface area contributed by atoms with Crippen LogP contribution < -0.4 is 10.6 Å². The molecule has 6 nitrogen and oxygen atoms in total. The fraction of sp³-hybridized carbons (Fsp3) is 0.750. The SMILES string of the molecule is CC1(C)[C@H](NC(=O)Nc2nnc(C(F)F)s2)[C@@H]2CCO[C@H]21. The average molecular weight is 318 g/mol. The monoisotopic (exact) mass is 318 g/mol. The first kappa shape index (κ1) is 14.6. The number of fused-ring (bicyclic) bond motifs is 1. The number of anilines is 1. The Balaban J connectivity index is 1.59. The number of hydrogen-bond donors (Lipinski definition) is 2. The molecule has 0 unspecified atom stereocenters. The van der Waals surface area contributed by atoms with Crippen molar-refractivity contribution >= 4 is 22.5 Å². The van der Waals surface area contributed by atoms with E-state index in [2.05, 4.69) is 20.8 Å². The number of hydrogen-bond acceptors (Lipinski definition) is 5. The molecule has 1 aliphatic heterocycles. The Bertz CT molecular complexity index is 551. The molecular weight excluding hydrogens is 302 g/mol. The van der Waals surface area contributed by atoms with Gasteiger partial charge in [-0.05, 0) is 6.42 Å². The highest BCUT2D eigenvalue weighted by atomic mass is 32.1. The van der Waals surface area contributed by atoms with E-state index < -0.39 is 17.5 Å². The number of amides is 2. The molecule has 0 radical (unpaired) electrons. The number of halogens is 2. The van der Waals surface area contributed by atoms with Crippen molar-refractivity contribution < 1.29 is 18.3 Å². The first-order valence-electron chi connectivity index (χ1n) is 6.70. The van der Waals surface area contributed by atoms with Gasteiger partial charge in [-0.25, -0.2) is 13.6 Å². The summed E-state index contributed by atoms with van der Waals surface area (Å²) in [5.41, 5.74) is -0.131. The second-order valence-electron chi connectivity index (χ2n) is 5.89. The van der Waals surface area contributed by atoms with Gasteiger partial charge in [-0.15, -0.1) is 10.2 Å². The Labute approximate surface area is 124 Å². The van der Waals surface area contributed by atoms with Crippen LogP contribution in [0.4, 0.5) is 18.7 Å².